The van der Waals surface area contributed by atoms with Gasteiger partial charge < -0.3 is 5.32 Å². The van der Waals surface area contributed by atoms with Crippen molar-refractivity contribution in [2.75, 3.05) is 5.32 Å². The second kappa shape index (κ2) is 5.36. The SMILES string of the molecule is Cc1cc(F)c(NC(C)c2sccc2Br)cc1F. The molecule has 18 heavy (non-hydrogen) atoms. The van der Waals surface area contributed by atoms with E-state index in [0.717, 1.165) is 9.35 Å². The maximum absolute atomic E-state index is 13.7. The standard InChI is InChI=1S/C13H12BrF2NS/c1-7-5-11(16)12(6-10(7)15)17-8(2)13-9(14)3-4-18-13/h3-6,8,17H,1-2H3. The van der Waals surface area contributed by atoms with Gasteiger partial charge in [0.05, 0.1) is 11.7 Å². The van der Waals surface area contributed by atoms with Gasteiger partial charge in [-0.15, -0.1) is 11.3 Å². The van der Waals surface area contributed by atoms with Crippen molar-refractivity contribution in [3.8, 4) is 0 Å². The van der Waals surface area contributed by atoms with E-state index in [0.29, 0.717) is 5.56 Å². The number of rotatable bonds is 3. The van der Waals surface area contributed by atoms with Crippen LogP contribution in [-0.4, -0.2) is 0 Å². The molecule has 1 aromatic heterocycles. The maximum atomic E-state index is 13.7. The van der Waals surface area contributed by atoms with Crippen molar-refractivity contribution >= 4 is 33.0 Å². The van der Waals surface area contributed by atoms with Crippen molar-refractivity contribution in [1.29, 1.82) is 0 Å². The minimum absolute atomic E-state index is 0.0871. The molecule has 1 heterocycles. The number of halogens is 3. The van der Waals surface area contributed by atoms with Gasteiger partial charge in [0.1, 0.15) is 11.6 Å². The van der Waals surface area contributed by atoms with E-state index in [1.165, 1.54) is 12.1 Å². The molecule has 1 N–H and O–H groups in total. The highest BCUT2D eigenvalue weighted by atomic mass is 79.9. The van der Waals surface area contributed by atoms with Gasteiger partial charge in [0, 0.05) is 15.4 Å². The third-order valence-electron chi connectivity index (χ3n) is 2.66. The molecule has 0 bridgehead atoms. The number of benzene rings is 1. The van der Waals surface area contributed by atoms with Crippen LogP contribution in [0.3, 0.4) is 0 Å². The zero-order valence-corrected chi connectivity index (χ0v) is 12.3. The molecular weight excluding hydrogens is 320 g/mol. The largest absolute Gasteiger partial charge is 0.375 e. The Balaban J connectivity index is 2.24. The zero-order valence-electron chi connectivity index (χ0n) is 9.93. The maximum Gasteiger partial charge on any atom is 0.146 e. The highest BCUT2D eigenvalue weighted by molar-refractivity contribution is 9.10. The smallest absolute Gasteiger partial charge is 0.146 e. The van der Waals surface area contributed by atoms with Crippen molar-refractivity contribution in [3.63, 3.8) is 0 Å². The minimum Gasteiger partial charge on any atom is -0.375 e. The molecule has 0 fully saturated rings. The van der Waals surface area contributed by atoms with E-state index in [-0.39, 0.29) is 11.7 Å². The molecule has 1 nitrogen and oxygen atoms in total. The van der Waals surface area contributed by atoms with E-state index in [1.54, 1.807) is 18.3 Å². The number of hydrogen-bond acceptors (Lipinski definition) is 2. The number of anilines is 1. The summed E-state index contributed by atoms with van der Waals surface area (Å²) in [6.45, 7) is 3.45. The van der Waals surface area contributed by atoms with E-state index in [2.05, 4.69) is 21.2 Å². The predicted molar refractivity (Wildman–Crippen MR) is 75.2 cm³/mol. The highest BCUT2D eigenvalue weighted by Gasteiger charge is 2.14. The van der Waals surface area contributed by atoms with E-state index in [9.17, 15) is 8.78 Å². The summed E-state index contributed by atoms with van der Waals surface area (Å²) in [6.07, 6.45) is 0. The van der Waals surface area contributed by atoms with Crippen molar-refractivity contribution < 1.29 is 8.78 Å². The van der Waals surface area contributed by atoms with Crippen LogP contribution >= 0.6 is 27.3 Å². The van der Waals surface area contributed by atoms with Crippen LogP contribution in [0.2, 0.25) is 0 Å². The first-order valence-electron chi connectivity index (χ1n) is 5.44. The minimum atomic E-state index is -0.437. The predicted octanol–water partition coefficient (Wildman–Crippen LogP) is 5.27. The third kappa shape index (κ3) is 2.72. The van der Waals surface area contributed by atoms with Crippen molar-refractivity contribution in [2.24, 2.45) is 0 Å². The molecule has 96 valence electrons. The molecule has 0 saturated heterocycles. The molecule has 0 aliphatic rings. The Morgan fingerprint density at radius 3 is 2.61 bits per heavy atom. The summed E-state index contributed by atoms with van der Waals surface area (Å²) >= 11 is 4.99. The van der Waals surface area contributed by atoms with Crippen LogP contribution in [-0.2, 0) is 0 Å². The van der Waals surface area contributed by atoms with E-state index in [1.807, 2.05) is 18.4 Å². The van der Waals surface area contributed by atoms with E-state index in [4.69, 9.17) is 0 Å². The summed E-state index contributed by atoms with van der Waals surface area (Å²) in [5.41, 5.74) is 0.494. The van der Waals surface area contributed by atoms with Crippen LogP contribution < -0.4 is 5.32 Å². The van der Waals surface area contributed by atoms with Crippen LogP contribution in [0, 0.1) is 18.6 Å². The lowest BCUT2D eigenvalue weighted by Crippen LogP contribution is -2.07. The first-order valence-corrected chi connectivity index (χ1v) is 7.11. The first kappa shape index (κ1) is 13.5. The Morgan fingerprint density at radius 1 is 1.28 bits per heavy atom. The van der Waals surface area contributed by atoms with Crippen LogP contribution in [0.4, 0.5) is 14.5 Å². The number of nitrogens with one attached hydrogen (secondary N) is 1. The topological polar surface area (TPSA) is 12.0 Å². The van der Waals surface area contributed by atoms with Crippen LogP contribution in [0.15, 0.2) is 28.1 Å². The lowest BCUT2D eigenvalue weighted by atomic mass is 10.2. The van der Waals surface area contributed by atoms with Crippen LogP contribution in [0.1, 0.15) is 23.4 Å². The molecule has 0 spiro atoms. The molecule has 0 radical (unpaired) electrons. The van der Waals surface area contributed by atoms with Gasteiger partial charge in [0.25, 0.3) is 0 Å². The van der Waals surface area contributed by atoms with Crippen molar-refractivity contribution in [2.45, 2.75) is 19.9 Å². The van der Waals surface area contributed by atoms with E-state index < -0.39 is 11.6 Å². The first-order chi connectivity index (χ1) is 8.49. The van der Waals surface area contributed by atoms with Crippen molar-refractivity contribution in [3.05, 3.63) is 50.1 Å². The molecule has 1 atom stereocenters. The van der Waals surface area contributed by atoms with Gasteiger partial charge in [0.2, 0.25) is 0 Å². The monoisotopic (exact) mass is 331 g/mol. The number of hydrogen-bond donors (Lipinski definition) is 1. The normalized spacial score (nSPS) is 12.5. The van der Waals surface area contributed by atoms with Crippen LogP contribution in [0.5, 0.6) is 0 Å². The molecule has 2 rings (SSSR count). The summed E-state index contributed by atoms with van der Waals surface area (Å²) in [7, 11) is 0. The Labute approximate surface area is 117 Å². The quantitative estimate of drug-likeness (QED) is 0.807. The van der Waals surface area contributed by atoms with Gasteiger partial charge in [-0.3, -0.25) is 0 Å². The molecule has 0 aliphatic heterocycles. The molecule has 1 unspecified atom stereocenters. The fourth-order valence-electron chi connectivity index (χ4n) is 1.67. The number of thiophene rings is 1. The van der Waals surface area contributed by atoms with Gasteiger partial charge in [-0.2, -0.15) is 0 Å². The Hall–Kier alpha value is -0.940. The summed E-state index contributed by atoms with van der Waals surface area (Å²) in [5, 5.41) is 4.93. The second-order valence-electron chi connectivity index (χ2n) is 4.08. The van der Waals surface area contributed by atoms with Crippen LogP contribution in [0.25, 0.3) is 0 Å². The zero-order chi connectivity index (χ0) is 13.3. The Bertz CT molecular complexity index is 568. The average molecular weight is 332 g/mol. The fraction of sp³-hybridized carbons (Fsp3) is 0.231. The molecule has 1 aromatic carbocycles. The molecular formula is C13H12BrF2NS. The highest BCUT2D eigenvalue weighted by Crippen LogP contribution is 2.32. The van der Waals surface area contributed by atoms with Crippen molar-refractivity contribution in [1.82, 2.24) is 0 Å². The van der Waals surface area contributed by atoms with Gasteiger partial charge >= 0.3 is 0 Å². The lowest BCUT2D eigenvalue weighted by Gasteiger charge is -2.15. The average Bonchev–Trinajstić information content (AvgIpc) is 2.72. The third-order valence-corrected chi connectivity index (χ3v) is 4.71. The Kier molecular flexibility index (Phi) is 4.02. The summed E-state index contributed by atoms with van der Waals surface area (Å²) in [6, 6.07) is 4.25. The second-order valence-corrected chi connectivity index (χ2v) is 5.88. The number of aryl methyl sites for hydroxylation is 1. The summed E-state index contributed by atoms with van der Waals surface area (Å²) < 4.78 is 28.1. The molecule has 5 heteroatoms. The van der Waals surface area contributed by atoms with E-state index >= 15 is 0 Å². The van der Waals surface area contributed by atoms with Gasteiger partial charge in [0.15, 0.2) is 0 Å². The molecule has 0 aliphatic carbocycles. The molecule has 0 amide bonds. The molecule has 0 saturated carbocycles. The lowest BCUT2D eigenvalue weighted by molar-refractivity contribution is 0.593. The van der Waals surface area contributed by atoms with Gasteiger partial charge in [-0.25, -0.2) is 8.78 Å². The molecule has 2 aromatic rings. The summed E-state index contributed by atoms with van der Waals surface area (Å²) in [4.78, 5) is 1.05. The Morgan fingerprint density at radius 2 is 2.00 bits per heavy atom. The summed E-state index contributed by atoms with van der Waals surface area (Å²) in [5.74, 6) is -0.843. The fourth-order valence-corrected chi connectivity index (χ4v) is 3.40. The van der Waals surface area contributed by atoms with Gasteiger partial charge in [-0.1, -0.05) is 0 Å². The van der Waals surface area contributed by atoms with Gasteiger partial charge in [-0.05, 0) is 52.9 Å².